The lowest BCUT2D eigenvalue weighted by Crippen LogP contribution is -2.26. The summed E-state index contributed by atoms with van der Waals surface area (Å²) in [5.74, 6) is 0.266. The third kappa shape index (κ3) is 5.39. The van der Waals surface area contributed by atoms with Crippen LogP contribution in [0.5, 0.6) is 0 Å². The van der Waals surface area contributed by atoms with Crippen LogP contribution in [-0.4, -0.2) is 38.4 Å². The third-order valence-corrected chi connectivity index (χ3v) is 4.23. The molecular formula is C18H18F3N5O3. The fraction of sp³-hybridized carbons (Fsp3) is 0.389. The van der Waals surface area contributed by atoms with Crippen molar-refractivity contribution in [1.82, 2.24) is 25.4 Å². The minimum absolute atomic E-state index is 0.0726. The predicted octanol–water partition coefficient (Wildman–Crippen LogP) is 2.96. The van der Waals surface area contributed by atoms with E-state index < -0.39 is 11.7 Å². The molecule has 0 saturated carbocycles. The van der Waals surface area contributed by atoms with E-state index in [2.05, 4.69) is 25.1 Å². The standard InChI is InChI=1S/C18H18F3N5O3/c1-11-14(25-29-24-11)10-26(2)17(27)7-6-15-22-23-16(28-15)9-12-4-3-5-13(8-12)18(19,20)21/h3-5,8H,6-7,9-10H2,1-2H3. The zero-order valence-corrected chi connectivity index (χ0v) is 15.7. The smallest absolute Gasteiger partial charge is 0.416 e. The number of benzene rings is 1. The maximum Gasteiger partial charge on any atom is 0.416 e. The summed E-state index contributed by atoms with van der Waals surface area (Å²) in [7, 11) is 1.63. The number of hydrogen-bond donors (Lipinski definition) is 0. The zero-order chi connectivity index (χ0) is 21.0. The number of carbonyl (C=O) groups is 1. The normalized spacial score (nSPS) is 11.6. The molecule has 0 N–H and O–H groups in total. The first kappa shape index (κ1) is 20.5. The van der Waals surface area contributed by atoms with Crippen molar-refractivity contribution in [2.75, 3.05) is 7.05 Å². The predicted molar refractivity (Wildman–Crippen MR) is 92.4 cm³/mol. The van der Waals surface area contributed by atoms with E-state index in [0.717, 1.165) is 12.1 Å². The van der Waals surface area contributed by atoms with Gasteiger partial charge in [0, 0.05) is 19.9 Å². The average molecular weight is 409 g/mol. The number of rotatable bonds is 7. The summed E-state index contributed by atoms with van der Waals surface area (Å²) in [6.07, 6.45) is -3.99. The van der Waals surface area contributed by atoms with Gasteiger partial charge in [0.2, 0.25) is 17.7 Å². The quantitative estimate of drug-likeness (QED) is 0.592. The summed E-state index contributed by atoms with van der Waals surface area (Å²) in [6.45, 7) is 1.99. The Labute approximate surface area is 163 Å². The lowest BCUT2D eigenvalue weighted by molar-refractivity contribution is -0.137. The monoisotopic (exact) mass is 409 g/mol. The van der Waals surface area contributed by atoms with Gasteiger partial charge in [-0.15, -0.1) is 10.2 Å². The topological polar surface area (TPSA) is 98.2 Å². The Morgan fingerprint density at radius 2 is 1.93 bits per heavy atom. The van der Waals surface area contributed by atoms with Gasteiger partial charge >= 0.3 is 6.18 Å². The van der Waals surface area contributed by atoms with Crippen LogP contribution >= 0.6 is 0 Å². The molecule has 0 atom stereocenters. The van der Waals surface area contributed by atoms with E-state index in [1.54, 1.807) is 20.0 Å². The number of amides is 1. The third-order valence-electron chi connectivity index (χ3n) is 4.23. The first-order valence-corrected chi connectivity index (χ1v) is 8.72. The van der Waals surface area contributed by atoms with Gasteiger partial charge in [-0.05, 0) is 18.6 Å². The van der Waals surface area contributed by atoms with Crippen molar-refractivity contribution in [1.29, 1.82) is 0 Å². The Morgan fingerprint density at radius 1 is 1.17 bits per heavy atom. The van der Waals surface area contributed by atoms with Crippen molar-refractivity contribution in [3.8, 4) is 0 Å². The number of aryl methyl sites for hydroxylation is 2. The van der Waals surface area contributed by atoms with E-state index in [-0.39, 0.29) is 43.5 Å². The molecule has 0 aliphatic carbocycles. The van der Waals surface area contributed by atoms with E-state index in [1.807, 2.05) is 0 Å². The van der Waals surface area contributed by atoms with Gasteiger partial charge in [-0.2, -0.15) is 13.2 Å². The first-order chi connectivity index (χ1) is 13.7. The molecule has 11 heteroatoms. The van der Waals surface area contributed by atoms with Crippen LogP contribution in [0.25, 0.3) is 0 Å². The maximum atomic E-state index is 12.8. The van der Waals surface area contributed by atoms with Gasteiger partial charge in [0.25, 0.3) is 0 Å². The highest BCUT2D eigenvalue weighted by Crippen LogP contribution is 2.29. The van der Waals surface area contributed by atoms with Crippen molar-refractivity contribution >= 4 is 5.91 Å². The van der Waals surface area contributed by atoms with Crippen LogP contribution in [-0.2, 0) is 30.4 Å². The number of nitrogens with zero attached hydrogens (tertiary/aromatic N) is 5. The van der Waals surface area contributed by atoms with Crippen LogP contribution in [0, 0.1) is 6.92 Å². The van der Waals surface area contributed by atoms with E-state index in [4.69, 9.17) is 4.42 Å². The molecule has 2 heterocycles. The fourth-order valence-corrected chi connectivity index (χ4v) is 2.60. The Hall–Kier alpha value is -3.24. The van der Waals surface area contributed by atoms with Gasteiger partial charge in [0.1, 0.15) is 11.4 Å². The van der Waals surface area contributed by atoms with Crippen LogP contribution in [0.3, 0.4) is 0 Å². The molecule has 0 saturated heterocycles. The molecule has 0 spiro atoms. The van der Waals surface area contributed by atoms with Crippen LogP contribution in [0.1, 0.15) is 40.7 Å². The second-order valence-electron chi connectivity index (χ2n) is 6.51. The fourth-order valence-electron chi connectivity index (χ4n) is 2.60. The zero-order valence-electron chi connectivity index (χ0n) is 15.7. The molecule has 3 rings (SSSR count). The molecule has 0 bridgehead atoms. The molecule has 0 aliphatic heterocycles. The number of halogens is 3. The van der Waals surface area contributed by atoms with Crippen LogP contribution in [0.15, 0.2) is 33.3 Å². The molecule has 2 aromatic heterocycles. The van der Waals surface area contributed by atoms with Crippen LogP contribution in [0.4, 0.5) is 13.2 Å². The van der Waals surface area contributed by atoms with Gasteiger partial charge < -0.3 is 9.32 Å². The number of aromatic nitrogens is 4. The van der Waals surface area contributed by atoms with Gasteiger partial charge in [-0.3, -0.25) is 4.79 Å². The van der Waals surface area contributed by atoms with Gasteiger partial charge in [-0.25, -0.2) is 4.63 Å². The molecule has 154 valence electrons. The number of hydrogen-bond acceptors (Lipinski definition) is 7. The van der Waals surface area contributed by atoms with E-state index >= 15 is 0 Å². The molecule has 0 aliphatic rings. The average Bonchev–Trinajstić information content (AvgIpc) is 3.28. The summed E-state index contributed by atoms with van der Waals surface area (Å²) in [6, 6.07) is 4.93. The number of alkyl halides is 3. The first-order valence-electron chi connectivity index (χ1n) is 8.72. The van der Waals surface area contributed by atoms with Crippen molar-refractivity contribution in [3.63, 3.8) is 0 Å². The highest BCUT2D eigenvalue weighted by Gasteiger charge is 2.30. The highest BCUT2D eigenvalue weighted by atomic mass is 19.4. The second kappa shape index (κ2) is 8.41. The molecule has 0 unspecified atom stereocenters. The molecular weight excluding hydrogens is 391 g/mol. The van der Waals surface area contributed by atoms with Crippen molar-refractivity contribution in [2.45, 2.75) is 38.9 Å². The van der Waals surface area contributed by atoms with Crippen LogP contribution in [0.2, 0.25) is 0 Å². The Balaban J connectivity index is 1.54. The van der Waals surface area contributed by atoms with Crippen LogP contribution < -0.4 is 0 Å². The van der Waals surface area contributed by atoms with E-state index in [9.17, 15) is 18.0 Å². The Bertz CT molecular complexity index is 983. The number of carbonyl (C=O) groups excluding carboxylic acids is 1. The molecule has 0 radical (unpaired) electrons. The summed E-state index contributed by atoms with van der Waals surface area (Å²) in [4.78, 5) is 13.7. The van der Waals surface area contributed by atoms with Gasteiger partial charge in [0.05, 0.1) is 18.5 Å². The highest BCUT2D eigenvalue weighted by molar-refractivity contribution is 5.75. The second-order valence-corrected chi connectivity index (χ2v) is 6.51. The molecule has 3 aromatic rings. The molecule has 1 amide bonds. The molecule has 0 fully saturated rings. The van der Waals surface area contributed by atoms with Crippen molar-refractivity contribution in [2.24, 2.45) is 0 Å². The van der Waals surface area contributed by atoms with Crippen molar-refractivity contribution in [3.05, 3.63) is 58.6 Å². The SMILES string of the molecule is Cc1nonc1CN(C)C(=O)CCc1nnc(Cc2cccc(C(F)(F)F)c2)o1. The minimum atomic E-state index is -4.41. The Kier molecular flexibility index (Phi) is 5.95. The molecule has 8 nitrogen and oxygen atoms in total. The summed E-state index contributed by atoms with van der Waals surface area (Å²) < 4.78 is 48.4. The van der Waals surface area contributed by atoms with E-state index in [0.29, 0.717) is 17.0 Å². The Morgan fingerprint density at radius 3 is 2.62 bits per heavy atom. The summed E-state index contributed by atoms with van der Waals surface area (Å²) >= 11 is 0. The molecule has 29 heavy (non-hydrogen) atoms. The minimum Gasteiger partial charge on any atom is -0.425 e. The van der Waals surface area contributed by atoms with Gasteiger partial charge in [0.15, 0.2) is 0 Å². The largest absolute Gasteiger partial charge is 0.425 e. The summed E-state index contributed by atoms with van der Waals surface area (Å²) in [5, 5.41) is 15.1. The lowest BCUT2D eigenvalue weighted by atomic mass is 10.1. The van der Waals surface area contributed by atoms with Gasteiger partial charge in [-0.1, -0.05) is 28.5 Å². The van der Waals surface area contributed by atoms with E-state index in [1.165, 1.54) is 11.0 Å². The van der Waals surface area contributed by atoms with Crippen molar-refractivity contribution < 1.29 is 27.0 Å². The lowest BCUT2D eigenvalue weighted by Gasteiger charge is -2.14. The molecule has 1 aromatic carbocycles. The summed E-state index contributed by atoms with van der Waals surface area (Å²) in [5.41, 5.74) is 0.853. The maximum absolute atomic E-state index is 12.8.